The number of H-pyrrole nitrogens is 1. The van der Waals surface area contributed by atoms with Crippen LogP contribution in [0.2, 0.25) is 0 Å². The summed E-state index contributed by atoms with van der Waals surface area (Å²) < 4.78 is 14.4. The predicted molar refractivity (Wildman–Crippen MR) is 102 cm³/mol. The first-order valence-electron chi connectivity index (χ1n) is 9.36. The summed E-state index contributed by atoms with van der Waals surface area (Å²) in [5.41, 5.74) is 2.99. The number of aromatic nitrogens is 2. The maximum Gasteiger partial charge on any atom is 0.267 e. The maximum absolute atomic E-state index is 14.4. The van der Waals surface area contributed by atoms with Crippen LogP contribution in [0.25, 0.3) is 0 Å². The molecule has 7 heteroatoms. The number of hydrogen-bond acceptors (Lipinski definition) is 4. The van der Waals surface area contributed by atoms with Gasteiger partial charge in [0.05, 0.1) is 11.3 Å². The van der Waals surface area contributed by atoms with Crippen molar-refractivity contribution in [3.05, 3.63) is 62.3 Å². The van der Waals surface area contributed by atoms with Crippen LogP contribution in [0, 0.1) is 12.7 Å². The molecule has 1 amide bonds. The monoisotopic (exact) mass is 372 g/mol. The summed E-state index contributed by atoms with van der Waals surface area (Å²) in [4.78, 5) is 26.3. The van der Waals surface area contributed by atoms with Crippen molar-refractivity contribution in [2.24, 2.45) is 0 Å². The minimum Gasteiger partial charge on any atom is -0.337 e. The zero-order chi connectivity index (χ0) is 19.4. The summed E-state index contributed by atoms with van der Waals surface area (Å²) in [5, 5.41) is 9.92. The predicted octanol–water partition coefficient (Wildman–Crippen LogP) is 1.81. The second-order valence-corrected chi connectivity index (χ2v) is 6.84. The summed E-state index contributed by atoms with van der Waals surface area (Å²) in [6.45, 7) is 6.52. The van der Waals surface area contributed by atoms with Crippen molar-refractivity contribution in [1.82, 2.24) is 20.4 Å². The summed E-state index contributed by atoms with van der Waals surface area (Å²) in [6.07, 6.45) is 1.97. The molecule has 0 saturated carbocycles. The van der Waals surface area contributed by atoms with Crippen LogP contribution < -0.4 is 10.9 Å². The summed E-state index contributed by atoms with van der Waals surface area (Å²) in [5.74, 6) is -0.790. The number of benzene rings is 1. The minimum atomic E-state index is -0.512. The quantitative estimate of drug-likeness (QED) is 0.858. The summed E-state index contributed by atoms with van der Waals surface area (Å²) in [6, 6.07) is 4.61. The second kappa shape index (κ2) is 8.43. The Balaban J connectivity index is 1.88. The standard InChI is InChI=1S/C20H25FN4O2/c1-3-15-13(2)19(26)24-23-18(15)12-14-5-6-17(21)16(11-14)20(27)25-9-4-7-22-8-10-25/h5-6,11,22H,3-4,7-10,12H2,1-2H3,(H,24,26). The van der Waals surface area contributed by atoms with Crippen molar-refractivity contribution in [1.29, 1.82) is 0 Å². The normalized spacial score (nSPS) is 14.9. The Morgan fingerprint density at radius 1 is 1.30 bits per heavy atom. The van der Waals surface area contributed by atoms with Crippen LogP contribution in [0.3, 0.4) is 0 Å². The van der Waals surface area contributed by atoms with Crippen molar-refractivity contribution in [3.8, 4) is 0 Å². The lowest BCUT2D eigenvalue weighted by molar-refractivity contribution is 0.0761. The molecule has 144 valence electrons. The fourth-order valence-electron chi connectivity index (χ4n) is 3.50. The van der Waals surface area contributed by atoms with E-state index in [-0.39, 0.29) is 17.0 Å². The molecule has 6 nitrogen and oxygen atoms in total. The number of carbonyl (C=O) groups is 1. The van der Waals surface area contributed by atoms with Gasteiger partial charge >= 0.3 is 0 Å². The highest BCUT2D eigenvalue weighted by molar-refractivity contribution is 5.94. The highest BCUT2D eigenvalue weighted by Crippen LogP contribution is 2.18. The maximum atomic E-state index is 14.4. The van der Waals surface area contributed by atoms with Gasteiger partial charge < -0.3 is 10.2 Å². The van der Waals surface area contributed by atoms with Crippen LogP contribution >= 0.6 is 0 Å². The SMILES string of the molecule is CCc1c(Cc2ccc(F)c(C(=O)N3CCCNCC3)c2)n[nH]c(=O)c1C. The van der Waals surface area contributed by atoms with Crippen LogP contribution in [0.15, 0.2) is 23.0 Å². The van der Waals surface area contributed by atoms with Gasteiger partial charge in [0.15, 0.2) is 0 Å². The highest BCUT2D eigenvalue weighted by atomic mass is 19.1. The van der Waals surface area contributed by atoms with Gasteiger partial charge in [-0.1, -0.05) is 13.0 Å². The van der Waals surface area contributed by atoms with Crippen molar-refractivity contribution >= 4 is 5.91 Å². The molecule has 27 heavy (non-hydrogen) atoms. The van der Waals surface area contributed by atoms with Gasteiger partial charge in [0.25, 0.3) is 11.5 Å². The van der Waals surface area contributed by atoms with E-state index in [1.165, 1.54) is 6.07 Å². The first-order chi connectivity index (χ1) is 13.0. The van der Waals surface area contributed by atoms with Gasteiger partial charge in [-0.2, -0.15) is 5.10 Å². The van der Waals surface area contributed by atoms with Crippen molar-refractivity contribution in [3.63, 3.8) is 0 Å². The number of rotatable bonds is 4. The number of halogens is 1. The van der Waals surface area contributed by atoms with Gasteiger partial charge in [-0.15, -0.1) is 0 Å². The first kappa shape index (κ1) is 19.2. The molecule has 0 atom stereocenters. The van der Waals surface area contributed by atoms with Crippen LogP contribution in [0.4, 0.5) is 4.39 Å². The fraction of sp³-hybridized carbons (Fsp3) is 0.450. The molecule has 1 aliphatic rings. The highest BCUT2D eigenvalue weighted by Gasteiger charge is 2.21. The molecule has 1 aromatic carbocycles. The number of carbonyl (C=O) groups excluding carboxylic acids is 1. The Bertz CT molecular complexity index is 886. The zero-order valence-corrected chi connectivity index (χ0v) is 15.8. The topological polar surface area (TPSA) is 78.1 Å². The van der Waals surface area contributed by atoms with E-state index >= 15 is 0 Å². The van der Waals surface area contributed by atoms with E-state index in [1.54, 1.807) is 24.0 Å². The lowest BCUT2D eigenvalue weighted by Gasteiger charge is -2.20. The molecule has 2 N–H and O–H groups in total. The summed E-state index contributed by atoms with van der Waals surface area (Å²) in [7, 11) is 0. The fourth-order valence-corrected chi connectivity index (χ4v) is 3.50. The average Bonchev–Trinajstić information content (AvgIpc) is 2.95. The van der Waals surface area contributed by atoms with Crippen LogP contribution in [0.1, 0.15) is 46.1 Å². The van der Waals surface area contributed by atoms with Gasteiger partial charge in [0.1, 0.15) is 5.82 Å². The number of aromatic amines is 1. The van der Waals surface area contributed by atoms with E-state index in [9.17, 15) is 14.0 Å². The van der Waals surface area contributed by atoms with E-state index < -0.39 is 5.82 Å². The minimum absolute atomic E-state index is 0.0913. The van der Waals surface area contributed by atoms with E-state index in [2.05, 4.69) is 15.5 Å². The molecule has 0 spiro atoms. The largest absolute Gasteiger partial charge is 0.337 e. The first-order valence-corrected chi connectivity index (χ1v) is 9.36. The summed E-state index contributed by atoms with van der Waals surface area (Å²) >= 11 is 0. The molecule has 1 fully saturated rings. The Kier molecular flexibility index (Phi) is 6.01. The molecule has 0 aliphatic carbocycles. The molecule has 1 aliphatic heterocycles. The number of amides is 1. The van der Waals surface area contributed by atoms with Crippen molar-refractivity contribution < 1.29 is 9.18 Å². The van der Waals surface area contributed by atoms with E-state index in [0.717, 1.165) is 29.8 Å². The molecule has 0 radical (unpaired) electrons. The van der Waals surface area contributed by atoms with Crippen molar-refractivity contribution in [2.45, 2.75) is 33.1 Å². The molecule has 0 unspecified atom stereocenters. The number of hydrogen-bond donors (Lipinski definition) is 2. The second-order valence-electron chi connectivity index (χ2n) is 6.84. The Morgan fingerprint density at radius 2 is 2.11 bits per heavy atom. The van der Waals surface area contributed by atoms with Crippen LogP contribution in [0.5, 0.6) is 0 Å². The van der Waals surface area contributed by atoms with E-state index in [1.807, 2.05) is 6.92 Å². The Labute approximate surface area is 157 Å². The lowest BCUT2D eigenvalue weighted by Crippen LogP contribution is -2.34. The van der Waals surface area contributed by atoms with E-state index in [4.69, 9.17) is 0 Å². The smallest absolute Gasteiger partial charge is 0.267 e. The van der Waals surface area contributed by atoms with Gasteiger partial charge in [0, 0.05) is 31.6 Å². The third-order valence-corrected chi connectivity index (χ3v) is 5.05. The average molecular weight is 372 g/mol. The third-order valence-electron chi connectivity index (χ3n) is 5.05. The molecule has 2 aromatic rings. The van der Waals surface area contributed by atoms with E-state index in [0.29, 0.717) is 38.0 Å². The Morgan fingerprint density at radius 3 is 2.89 bits per heavy atom. The van der Waals surface area contributed by atoms with Gasteiger partial charge in [-0.05, 0) is 49.6 Å². The molecular weight excluding hydrogens is 347 g/mol. The number of nitrogens with one attached hydrogen (secondary N) is 2. The lowest BCUT2D eigenvalue weighted by atomic mass is 9.99. The number of nitrogens with zero attached hydrogens (tertiary/aromatic N) is 2. The Hall–Kier alpha value is -2.54. The van der Waals surface area contributed by atoms with Crippen molar-refractivity contribution in [2.75, 3.05) is 26.2 Å². The van der Waals surface area contributed by atoms with Gasteiger partial charge in [-0.25, -0.2) is 9.49 Å². The zero-order valence-electron chi connectivity index (χ0n) is 15.8. The molecule has 2 heterocycles. The molecule has 0 bridgehead atoms. The van der Waals surface area contributed by atoms with Gasteiger partial charge in [-0.3, -0.25) is 9.59 Å². The van der Waals surface area contributed by atoms with Crippen LogP contribution in [-0.2, 0) is 12.8 Å². The molecule has 3 rings (SSSR count). The third kappa shape index (κ3) is 4.24. The molecule has 1 saturated heterocycles. The van der Waals surface area contributed by atoms with Crippen LogP contribution in [-0.4, -0.2) is 47.2 Å². The molecular formula is C20H25FN4O2. The molecule has 1 aromatic heterocycles. The van der Waals surface area contributed by atoms with Gasteiger partial charge in [0.2, 0.25) is 0 Å².